The molecule has 0 spiro atoms. The van der Waals surface area contributed by atoms with Crippen molar-refractivity contribution in [1.82, 2.24) is 4.98 Å². The van der Waals surface area contributed by atoms with Crippen LogP contribution in [0.15, 0.2) is 41.3 Å². The van der Waals surface area contributed by atoms with Crippen LogP contribution in [0.25, 0.3) is 10.2 Å². The SMILES string of the molecule is CCSc1cccc(C(=O)Nc2nc3c(C)ccc(Cl)c3s2)c1. The van der Waals surface area contributed by atoms with Gasteiger partial charge in [-0.2, -0.15) is 0 Å². The standard InChI is InChI=1S/C17H15ClN2OS2/c1-3-22-12-6-4-5-11(9-12)16(21)20-17-19-14-10(2)7-8-13(18)15(14)23-17/h4-9H,3H2,1-2H3,(H,19,20,21). The van der Waals surface area contributed by atoms with E-state index in [0.717, 1.165) is 26.4 Å². The van der Waals surface area contributed by atoms with Gasteiger partial charge in [-0.15, -0.1) is 11.8 Å². The summed E-state index contributed by atoms with van der Waals surface area (Å²) in [6.07, 6.45) is 0. The predicted molar refractivity (Wildman–Crippen MR) is 100 cm³/mol. The average molecular weight is 363 g/mol. The second-order valence-electron chi connectivity index (χ2n) is 4.98. The molecule has 0 bridgehead atoms. The summed E-state index contributed by atoms with van der Waals surface area (Å²) in [4.78, 5) is 18.0. The number of nitrogens with zero attached hydrogens (tertiary/aromatic N) is 1. The lowest BCUT2D eigenvalue weighted by molar-refractivity contribution is 0.102. The van der Waals surface area contributed by atoms with Crippen LogP contribution in [0.1, 0.15) is 22.8 Å². The summed E-state index contributed by atoms with van der Waals surface area (Å²) >= 11 is 9.31. The third-order valence-corrected chi connectivity index (χ3v) is 5.63. The largest absolute Gasteiger partial charge is 0.298 e. The highest BCUT2D eigenvalue weighted by Gasteiger charge is 2.13. The van der Waals surface area contributed by atoms with Crippen molar-refractivity contribution in [2.45, 2.75) is 18.7 Å². The van der Waals surface area contributed by atoms with E-state index in [0.29, 0.717) is 15.7 Å². The first kappa shape index (κ1) is 16.3. The molecule has 0 aliphatic rings. The number of benzene rings is 2. The molecule has 1 N–H and O–H groups in total. The van der Waals surface area contributed by atoms with Crippen LogP contribution in [0.4, 0.5) is 5.13 Å². The second-order valence-corrected chi connectivity index (χ2v) is 7.72. The van der Waals surface area contributed by atoms with Gasteiger partial charge < -0.3 is 0 Å². The van der Waals surface area contributed by atoms with E-state index >= 15 is 0 Å². The molecule has 0 atom stereocenters. The summed E-state index contributed by atoms with van der Waals surface area (Å²) in [7, 11) is 0. The fourth-order valence-electron chi connectivity index (χ4n) is 2.22. The molecule has 0 fully saturated rings. The molecule has 0 aliphatic carbocycles. The van der Waals surface area contributed by atoms with Crippen LogP contribution >= 0.6 is 34.7 Å². The van der Waals surface area contributed by atoms with Gasteiger partial charge in [0.05, 0.1) is 15.2 Å². The number of aromatic nitrogens is 1. The highest BCUT2D eigenvalue weighted by Crippen LogP contribution is 2.34. The van der Waals surface area contributed by atoms with Crippen LogP contribution in [-0.4, -0.2) is 16.6 Å². The van der Waals surface area contributed by atoms with Crippen LogP contribution in [-0.2, 0) is 0 Å². The van der Waals surface area contributed by atoms with E-state index in [1.54, 1.807) is 17.8 Å². The van der Waals surface area contributed by atoms with Crippen LogP contribution in [0.3, 0.4) is 0 Å². The van der Waals surface area contributed by atoms with Crippen molar-refractivity contribution in [2.24, 2.45) is 0 Å². The molecule has 1 aromatic heterocycles. The third kappa shape index (κ3) is 3.52. The Labute approximate surface area is 148 Å². The van der Waals surface area contributed by atoms with E-state index in [2.05, 4.69) is 17.2 Å². The van der Waals surface area contributed by atoms with Crippen LogP contribution in [0.5, 0.6) is 0 Å². The molecule has 3 aromatic rings. The smallest absolute Gasteiger partial charge is 0.257 e. The maximum Gasteiger partial charge on any atom is 0.257 e. The lowest BCUT2D eigenvalue weighted by Gasteiger charge is -2.04. The van der Waals surface area contributed by atoms with Gasteiger partial charge >= 0.3 is 0 Å². The van der Waals surface area contributed by atoms with Gasteiger partial charge in [0.25, 0.3) is 5.91 Å². The molecule has 3 rings (SSSR count). The summed E-state index contributed by atoms with van der Waals surface area (Å²) < 4.78 is 0.900. The summed E-state index contributed by atoms with van der Waals surface area (Å²) in [6, 6.07) is 11.4. The highest BCUT2D eigenvalue weighted by molar-refractivity contribution is 7.99. The number of nitrogens with one attached hydrogen (secondary N) is 1. The minimum Gasteiger partial charge on any atom is -0.298 e. The number of anilines is 1. The first-order chi connectivity index (χ1) is 11.1. The number of amides is 1. The van der Waals surface area contributed by atoms with Gasteiger partial charge in [0.15, 0.2) is 5.13 Å². The normalized spacial score (nSPS) is 10.9. The Bertz CT molecular complexity index is 837. The van der Waals surface area contributed by atoms with E-state index in [1.807, 2.05) is 37.3 Å². The number of halogens is 1. The molecule has 0 saturated carbocycles. The van der Waals surface area contributed by atoms with Gasteiger partial charge in [-0.25, -0.2) is 4.98 Å². The molecule has 6 heteroatoms. The molecule has 1 heterocycles. The molecule has 0 unspecified atom stereocenters. The minimum absolute atomic E-state index is 0.156. The van der Waals surface area contributed by atoms with Gasteiger partial charge in [-0.1, -0.05) is 42.0 Å². The molecule has 0 radical (unpaired) electrons. The zero-order chi connectivity index (χ0) is 16.4. The number of hydrogen-bond donors (Lipinski definition) is 1. The Balaban J connectivity index is 1.87. The Kier molecular flexibility index (Phi) is 4.90. The second kappa shape index (κ2) is 6.91. The number of aryl methyl sites for hydroxylation is 1. The molecule has 0 aliphatic heterocycles. The lowest BCUT2D eigenvalue weighted by Crippen LogP contribution is -2.11. The number of hydrogen-bond acceptors (Lipinski definition) is 4. The van der Waals surface area contributed by atoms with Crippen molar-refractivity contribution in [2.75, 3.05) is 11.1 Å². The molecule has 2 aromatic carbocycles. The van der Waals surface area contributed by atoms with Crippen molar-refractivity contribution < 1.29 is 4.79 Å². The predicted octanol–water partition coefficient (Wildman–Crippen LogP) is 5.62. The Morgan fingerprint density at radius 2 is 2.17 bits per heavy atom. The van der Waals surface area contributed by atoms with Gasteiger partial charge in [0.2, 0.25) is 0 Å². The number of carbonyl (C=O) groups excluding carboxylic acids is 1. The van der Waals surface area contributed by atoms with Crippen LogP contribution in [0.2, 0.25) is 5.02 Å². The summed E-state index contributed by atoms with van der Waals surface area (Å²) in [5.74, 6) is 0.817. The molecule has 3 nitrogen and oxygen atoms in total. The molecular formula is C17H15ClN2OS2. The zero-order valence-electron chi connectivity index (χ0n) is 12.7. The van der Waals surface area contributed by atoms with E-state index in [-0.39, 0.29) is 5.91 Å². The topological polar surface area (TPSA) is 42.0 Å². The minimum atomic E-state index is -0.156. The third-order valence-electron chi connectivity index (χ3n) is 3.32. The van der Waals surface area contributed by atoms with E-state index in [4.69, 9.17) is 11.6 Å². The summed E-state index contributed by atoms with van der Waals surface area (Å²) in [5, 5.41) is 4.09. The highest BCUT2D eigenvalue weighted by atomic mass is 35.5. The van der Waals surface area contributed by atoms with Crippen molar-refractivity contribution in [3.63, 3.8) is 0 Å². The monoisotopic (exact) mass is 362 g/mol. The van der Waals surface area contributed by atoms with Crippen LogP contribution in [0, 0.1) is 6.92 Å². The molecule has 0 saturated heterocycles. The van der Waals surface area contributed by atoms with Crippen molar-refractivity contribution in [1.29, 1.82) is 0 Å². The van der Waals surface area contributed by atoms with Crippen molar-refractivity contribution >= 4 is 56.0 Å². The number of thioether (sulfide) groups is 1. The molecule has 1 amide bonds. The Morgan fingerprint density at radius 1 is 1.35 bits per heavy atom. The van der Waals surface area contributed by atoms with Gasteiger partial charge in [-0.3, -0.25) is 10.1 Å². The quantitative estimate of drug-likeness (QED) is 0.612. The fraction of sp³-hybridized carbons (Fsp3) is 0.176. The van der Waals surface area contributed by atoms with Gasteiger partial charge in [-0.05, 0) is 42.5 Å². The lowest BCUT2D eigenvalue weighted by atomic mass is 10.2. The van der Waals surface area contributed by atoms with Crippen molar-refractivity contribution in [3.05, 3.63) is 52.5 Å². The number of rotatable bonds is 4. The average Bonchev–Trinajstić information content (AvgIpc) is 2.97. The van der Waals surface area contributed by atoms with Gasteiger partial charge in [0.1, 0.15) is 0 Å². The fourth-order valence-corrected chi connectivity index (χ4v) is 4.15. The van der Waals surface area contributed by atoms with E-state index in [1.165, 1.54) is 11.3 Å². The summed E-state index contributed by atoms with van der Waals surface area (Å²) in [5.41, 5.74) is 2.51. The Morgan fingerprint density at radius 3 is 2.91 bits per heavy atom. The number of thiazole rings is 1. The number of fused-ring (bicyclic) bond motifs is 1. The molecule has 23 heavy (non-hydrogen) atoms. The van der Waals surface area contributed by atoms with Crippen molar-refractivity contribution in [3.8, 4) is 0 Å². The first-order valence-electron chi connectivity index (χ1n) is 7.18. The van der Waals surface area contributed by atoms with Gasteiger partial charge in [0, 0.05) is 10.5 Å². The molecular weight excluding hydrogens is 348 g/mol. The summed E-state index contributed by atoms with van der Waals surface area (Å²) in [6.45, 7) is 4.07. The first-order valence-corrected chi connectivity index (χ1v) is 9.36. The maximum absolute atomic E-state index is 12.4. The zero-order valence-corrected chi connectivity index (χ0v) is 15.1. The van der Waals surface area contributed by atoms with E-state index in [9.17, 15) is 4.79 Å². The Hall–Kier alpha value is -1.56. The van der Waals surface area contributed by atoms with E-state index < -0.39 is 0 Å². The maximum atomic E-state index is 12.4. The van der Waals surface area contributed by atoms with Crippen LogP contribution < -0.4 is 5.32 Å². The number of carbonyl (C=O) groups is 1. The molecule has 118 valence electrons.